The van der Waals surface area contributed by atoms with E-state index in [4.69, 9.17) is 0 Å². The van der Waals surface area contributed by atoms with E-state index in [2.05, 4.69) is 29.2 Å². The molecule has 0 saturated carbocycles. The van der Waals surface area contributed by atoms with Crippen molar-refractivity contribution in [1.82, 2.24) is 4.90 Å². The molecule has 7 heteroatoms. The number of anilines is 1. The van der Waals surface area contributed by atoms with E-state index in [1.54, 1.807) is 17.8 Å². The van der Waals surface area contributed by atoms with Crippen LogP contribution in [-0.2, 0) is 6.18 Å². The monoisotopic (exact) mass is 410 g/mol. The fourth-order valence-electron chi connectivity index (χ4n) is 3.25. The Labute approximate surface area is 168 Å². The summed E-state index contributed by atoms with van der Waals surface area (Å²) in [6.45, 7) is 5.38. The summed E-state index contributed by atoms with van der Waals surface area (Å²) in [6, 6.07) is 13.7. The molecule has 0 bridgehead atoms. The third kappa shape index (κ3) is 5.90. The maximum atomic E-state index is 12.9. The van der Waals surface area contributed by atoms with Gasteiger partial charge in [-0.1, -0.05) is 23.8 Å². The molecule has 0 aromatic heterocycles. The summed E-state index contributed by atoms with van der Waals surface area (Å²) in [6.07, 6.45) is -4.76. The van der Waals surface area contributed by atoms with Gasteiger partial charge in [-0.25, -0.2) is 0 Å². The number of β-amino-alcohol motifs (C(OH)–C–C–N with tert-alkyl or cyclic N) is 1. The van der Waals surface area contributed by atoms with E-state index >= 15 is 0 Å². The summed E-state index contributed by atoms with van der Waals surface area (Å²) in [7, 11) is 0. The number of thioether (sulfide) groups is 1. The minimum absolute atomic E-state index is 0.439. The predicted molar refractivity (Wildman–Crippen MR) is 108 cm³/mol. The molecular weight excluding hydrogens is 385 g/mol. The SMILES string of the molecule is Cc1ccc(SC[C@H](O)CN2CCN(c3cccc(C(F)(F)F)c3)CC2)cc1. The minimum atomic E-state index is -4.32. The smallest absolute Gasteiger partial charge is 0.391 e. The first-order valence-corrected chi connectivity index (χ1v) is 10.3. The lowest BCUT2D eigenvalue weighted by Gasteiger charge is -2.37. The average molecular weight is 411 g/mol. The molecule has 1 atom stereocenters. The van der Waals surface area contributed by atoms with Crippen LogP contribution in [0.1, 0.15) is 11.1 Å². The van der Waals surface area contributed by atoms with Gasteiger partial charge in [0.25, 0.3) is 0 Å². The van der Waals surface area contributed by atoms with Gasteiger partial charge in [-0.15, -0.1) is 11.8 Å². The van der Waals surface area contributed by atoms with Crippen molar-refractivity contribution in [2.75, 3.05) is 43.4 Å². The number of hydrogen-bond donors (Lipinski definition) is 1. The highest BCUT2D eigenvalue weighted by Gasteiger charge is 2.31. The van der Waals surface area contributed by atoms with Crippen LogP contribution in [0.4, 0.5) is 18.9 Å². The molecule has 3 nitrogen and oxygen atoms in total. The fourth-order valence-corrected chi connectivity index (χ4v) is 4.06. The van der Waals surface area contributed by atoms with Crippen molar-refractivity contribution in [3.05, 3.63) is 59.7 Å². The second kappa shape index (κ2) is 9.20. The summed E-state index contributed by atoms with van der Waals surface area (Å²) in [5.74, 6) is 0.622. The summed E-state index contributed by atoms with van der Waals surface area (Å²) in [5, 5.41) is 10.3. The highest BCUT2D eigenvalue weighted by Crippen LogP contribution is 2.32. The van der Waals surface area contributed by atoms with Crippen LogP contribution in [0.25, 0.3) is 0 Å². The highest BCUT2D eigenvalue weighted by atomic mass is 32.2. The number of benzene rings is 2. The van der Waals surface area contributed by atoms with E-state index in [1.165, 1.54) is 17.7 Å². The molecule has 1 aliphatic heterocycles. The van der Waals surface area contributed by atoms with Crippen LogP contribution in [0.3, 0.4) is 0 Å². The van der Waals surface area contributed by atoms with Gasteiger partial charge in [-0.3, -0.25) is 4.90 Å². The van der Waals surface area contributed by atoms with Gasteiger partial charge in [0, 0.05) is 49.1 Å². The van der Waals surface area contributed by atoms with Crippen LogP contribution in [0.15, 0.2) is 53.4 Å². The van der Waals surface area contributed by atoms with Gasteiger partial charge < -0.3 is 10.0 Å². The van der Waals surface area contributed by atoms with Crippen molar-refractivity contribution in [1.29, 1.82) is 0 Å². The van der Waals surface area contributed by atoms with Gasteiger partial charge in [0.1, 0.15) is 0 Å². The zero-order valence-electron chi connectivity index (χ0n) is 15.8. The van der Waals surface area contributed by atoms with Crippen LogP contribution in [0, 0.1) is 6.92 Å². The number of piperazine rings is 1. The maximum absolute atomic E-state index is 12.9. The zero-order valence-corrected chi connectivity index (χ0v) is 16.6. The number of halogens is 3. The Hall–Kier alpha value is -1.70. The molecule has 1 fully saturated rings. The second-order valence-corrected chi connectivity index (χ2v) is 8.21. The third-order valence-corrected chi connectivity index (χ3v) is 6.00. The van der Waals surface area contributed by atoms with Crippen LogP contribution in [-0.4, -0.2) is 54.6 Å². The second-order valence-electron chi connectivity index (χ2n) is 7.11. The lowest BCUT2D eigenvalue weighted by atomic mass is 10.1. The number of aliphatic hydroxyl groups is 1. The van der Waals surface area contributed by atoms with Gasteiger partial charge >= 0.3 is 6.18 Å². The quantitative estimate of drug-likeness (QED) is 0.719. The van der Waals surface area contributed by atoms with Crippen LogP contribution in [0.2, 0.25) is 0 Å². The molecule has 1 N–H and O–H groups in total. The van der Waals surface area contributed by atoms with Gasteiger partial charge in [0.15, 0.2) is 0 Å². The number of alkyl halides is 3. The third-order valence-electron chi connectivity index (χ3n) is 4.84. The Bertz CT molecular complexity index is 759. The molecule has 2 aromatic carbocycles. The Balaban J connectivity index is 1.45. The van der Waals surface area contributed by atoms with E-state index in [-0.39, 0.29) is 0 Å². The first-order valence-electron chi connectivity index (χ1n) is 9.33. The van der Waals surface area contributed by atoms with Crippen molar-refractivity contribution in [3.8, 4) is 0 Å². The summed E-state index contributed by atoms with van der Waals surface area (Å²) in [5.41, 5.74) is 1.20. The molecule has 0 radical (unpaired) electrons. The van der Waals surface area contributed by atoms with Gasteiger partial charge in [-0.2, -0.15) is 13.2 Å². The predicted octanol–water partition coefficient (Wildman–Crippen LogP) is 4.29. The lowest BCUT2D eigenvalue weighted by molar-refractivity contribution is -0.137. The molecule has 28 heavy (non-hydrogen) atoms. The Morgan fingerprint density at radius 2 is 1.71 bits per heavy atom. The number of hydrogen-bond acceptors (Lipinski definition) is 4. The highest BCUT2D eigenvalue weighted by molar-refractivity contribution is 7.99. The minimum Gasteiger partial charge on any atom is -0.391 e. The average Bonchev–Trinajstić information content (AvgIpc) is 2.68. The standard InChI is InChI=1S/C21H25F3N2OS/c1-16-5-7-20(8-6-16)28-15-19(27)14-25-9-11-26(12-10-25)18-4-2-3-17(13-18)21(22,23)24/h2-8,13,19,27H,9-12,14-15H2,1H3/t19-/m1/s1. The summed E-state index contributed by atoms with van der Waals surface area (Å²) >= 11 is 1.63. The van der Waals surface area contributed by atoms with Crippen molar-refractivity contribution in [2.24, 2.45) is 0 Å². The normalized spacial score (nSPS) is 17.0. The fraction of sp³-hybridized carbons (Fsp3) is 0.429. The zero-order chi connectivity index (χ0) is 20.1. The molecule has 1 heterocycles. The molecule has 0 unspecified atom stereocenters. The number of rotatable bonds is 6. The van der Waals surface area contributed by atoms with E-state index in [0.29, 0.717) is 31.1 Å². The molecule has 2 aromatic rings. The van der Waals surface area contributed by atoms with Gasteiger partial charge in [-0.05, 0) is 37.3 Å². The van der Waals surface area contributed by atoms with Crippen molar-refractivity contribution in [2.45, 2.75) is 24.1 Å². The Morgan fingerprint density at radius 1 is 1.04 bits per heavy atom. The molecule has 0 aliphatic carbocycles. The molecule has 3 rings (SSSR count). The van der Waals surface area contributed by atoms with Crippen LogP contribution >= 0.6 is 11.8 Å². The van der Waals surface area contributed by atoms with Crippen molar-refractivity contribution < 1.29 is 18.3 Å². The van der Waals surface area contributed by atoms with Crippen LogP contribution in [0.5, 0.6) is 0 Å². The van der Waals surface area contributed by atoms with Gasteiger partial charge in [0.05, 0.1) is 11.7 Å². The number of nitrogens with zero attached hydrogens (tertiary/aromatic N) is 2. The molecule has 1 aliphatic rings. The first-order chi connectivity index (χ1) is 13.3. The molecule has 1 saturated heterocycles. The Morgan fingerprint density at radius 3 is 2.36 bits per heavy atom. The molecule has 0 amide bonds. The number of aryl methyl sites for hydroxylation is 1. The van der Waals surface area contributed by atoms with E-state index in [1.807, 2.05) is 11.8 Å². The molecule has 152 valence electrons. The van der Waals surface area contributed by atoms with E-state index in [9.17, 15) is 18.3 Å². The van der Waals surface area contributed by atoms with E-state index in [0.717, 1.165) is 24.1 Å². The van der Waals surface area contributed by atoms with Gasteiger partial charge in [0.2, 0.25) is 0 Å². The van der Waals surface area contributed by atoms with Crippen molar-refractivity contribution in [3.63, 3.8) is 0 Å². The lowest BCUT2D eigenvalue weighted by Crippen LogP contribution is -2.49. The van der Waals surface area contributed by atoms with Crippen LogP contribution < -0.4 is 4.90 Å². The first kappa shape index (κ1) is 21.0. The summed E-state index contributed by atoms with van der Waals surface area (Å²) in [4.78, 5) is 5.28. The topological polar surface area (TPSA) is 26.7 Å². The molecule has 0 spiro atoms. The Kier molecular flexibility index (Phi) is 6.91. The van der Waals surface area contributed by atoms with E-state index < -0.39 is 17.8 Å². The summed E-state index contributed by atoms with van der Waals surface area (Å²) < 4.78 is 38.7. The molecular formula is C21H25F3N2OS. The van der Waals surface area contributed by atoms with Crippen molar-refractivity contribution >= 4 is 17.4 Å². The number of aliphatic hydroxyl groups excluding tert-OH is 1. The largest absolute Gasteiger partial charge is 0.416 e. The maximum Gasteiger partial charge on any atom is 0.416 e.